The summed E-state index contributed by atoms with van der Waals surface area (Å²) >= 11 is 0. The molecular formula is C21H29N3O2. The number of nitrogens with one attached hydrogen (secondary N) is 1. The van der Waals surface area contributed by atoms with Crippen LogP contribution in [0.25, 0.3) is 0 Å². The van der Waals surface area contributed by atoms with Gasteiger partial charge in [-0.05, 0) is 63.0 Å². The van der Waals surface area contributed by atoms with Crippen LogP contribution in [0.1, 0.15) is 44.1 Å². The van der Waals surface area contributed by atoms with Crippen LogP contribution >= 0.6 is 0 Å². The van der Waals surface area contributed by atoms with Crippen LogP contribution < -0.4 is 16.0 Å². The summed E-state index contributed by atoms with van der Waals surface area (Å²) in [5.41, 5.74) is 8.42. The zero-order chi connectivity index (χ0) is 18.3. The summed E-state index contributed by atoms with van der Waals surface area (Å²) in [6.45, 7) is 2.69. The fraction of sp³-hybridized carbons (Fsp3) is 0.619. The third-order valence-electron chi connectivity index (χ3n) is 6.65. The maximum absolute atomic E-state index is 12.8. The van der Waals surface area contributed by atoms with Crippen molar-refractivity contribution >= 4 is 17.5 Å². The lowest BCUT2D eigenvalue weighted by atomic mass is 9.65. The van der Waals surface area contributed by atoms with Crippen molar-refractivity contribution in [3.05, 3.63) is 29.8 Å². The highest BCUT2D eigenvalue weighted by molar-refractivity contribution is 6.01. The maximum Gasteiger partial charge on any atom is 0.249 e. The highest BCUT2D eigenvalue weighted by Crippen LogP contribution is 2.42. The fourth-order valence-electron chi connectivity index (χ4n) is 5.09. The van der Waals surface area contributed by atoms with E-state index in [1.54, 1.807) is 4.90 Å². The van der Waals surface area contributed by atoms with Crippen molar-refractivity contribution in [2.24, 2.45) is 23.5 Å². The molecule has 1 aromatic rings. The van der Waals surface area contributed by atoms with Crippen molar-refractivity contribution in [1.82, 2.24) is 5.32 Å². The van der Waals surface area contributed by atoms with E-state index in [4.69, 9.17) is 5.73 Å². The molecule has 1 heterocycles. The van der Waals surface area contributed by atoms with E-state index in [-0.39, 0.29) is 29.8 Å². The summed E-state index contributed by atoms with van der Waals surface area (Å²) in [5, 5.41) is 3.04. The molecule has 0 spiro atoms. The van der Waals surface area contributed by atoms with Crippen molar-refractivity contribution in [3.63, 3.8) is 0 Å². The number of benzene rings is 1. The van der Waals surface area contributed by atoms with Gasteiger partial charge in [0, 0.05) is 24.2 Å². The van der Waals surface area contributed by atoms with Gasteiger partial charge < -0.3 is 16.0 Å². The molecule has 3 unspecified atom stereocenters. The van der Waals surface area contributed by atoms with Crippen LogP contribution in [-0.2, 0) is 9.59 Å². The van der Waals surface area contributed by atoms with E-state index < -0.39 is 0 Å². The molecule has 0 radical (unpaired) electrons. The normalized spacial score (nSPS) is 34.0. The topological polar surface area (TPSA) is 75.4 Å². The van der Waals surface area contributed by atoms with E-state index in [0.29, 0.717) is 24.8 Å². The minimum absolute atomic E-state index is 0.00917. The first-order valence-electron chi connectivity index (χ1n) is 9.97. The lowest BCUT2D eigenvalue weighted by Gasteiger charge is -2.43. The summed E-state index contributed by atoms with van der Waals surface area (Å²) in [6, 6.07) is 7.84. The summed E-state index contributed by atoms with van der Waals surface area (Å²) in [5.74, 6) is 1.03. The number of hydrogen-bond acceptors (Lipinski definition) is 3. The molecule has 5 heteroatoms. The summed E-state index contributed by atoms with van der Waals surface area (Å²) in [7, 11) is 0. The minimum atomic E-state index is -0.390. The molecule has 2 saturated carbocycles. The number of fused-ring (bicyclic) bond motifs is 2. The van der Waals surface area contributed by atoms with Gasteiger partial charge in [0.2, 0.25) is 11.8 Å². The predicted octanol–water partition coefficient (Wildman–Crippen LogP) is 2.37. The van der Waals surface area contributed by atoms with E-state index in [1.165, 1.54) is 12.0 Å². The first-order chi connectivity index (χ1) is 12.5. The quantitative estimate of drug-likeness (QED) is 0.874. The second kappa shape index (κ2) is 7.03. The number of rotatable bonds is 3. The number of anilines is 1. The lowest BCUT2D eigenvalue weighted by Crippen LogP contribution is -2.51. The number of carbonyl (C=O) groups is 2. The largest absolute Gasteiger partial charge is 0.344 e. The number of nitrogens with zero attached hydrogens (tertiary/aromatic N) is 1. The Hall–Kier alpha value is -1.88. The van der Waals surface area contributed by atoms with Gasteiger partial charge in [-0.15, -0.1) is 0 Å². The van der Waals surface area contributed by atoms with E-state index in [9.17, 15) is 9.59 Å². The van der Waals surface area contributed by atoms with E-state index in [1.807, 2.05) is 31.2 Å². The third-order valence-corrected chi connectivity index (χ3v) is 6.65. The molecule has 1 aliphatic heterocycles. The summed E-state index contributed by atoms with van der Waals surface area (Å²) < 4.78 is 0. The van der Waals surface area contributed by atoms with Gasteiger partial charge in [-0.3, -0.25) is 9.59 Å². The van der Waals surface area contributed by atoms with Crippen molar-refractivity contribution in [1.29, 1.82) is 0 Å². The van der Waals surface area contributed by atoms with Crippen molar-refractivity contribution in [2.45, 2.75) is 57.5 Å². The van der Waals surface area contributed by atoms with Gasteiger partial charge in [-0.1, -0.05) is 24.1 Å². The lowest BCUT2D eigenvalue weighted by molar-refractivity contribution is -0.131. The Balaban J connectivity index is 1.38. The molecule has 3 atom stereocenters. The Labute approximate surface area is 155 Å². The SMILES string of the molecule is Cc1ccc(N2CCC(NC(=O)C3CC4CCCC(C3)C4N)C2=O)cc1. The molecular weight excluding hydrogens is 326 g/mol. The zero-order valence-corrected chi connectivity index (χ0v) is 15.5. The van der Waals surface area contributed by atoms with Crippen LogP contribution in [0.2, 0.25) is 0 Å². The summed E-state index contributed by atoms with van der Waals surface area (Å²) in [4.78, 5) is 27.3. The van der Waals surface area contributed by atoms with Gasteiger partial charge in [0.15, 0.2) is 0 Å². The average molecular weight is 355 g/mol. The Morgan fingerprint density at radius 3 is 2.42 bits per heavy atom. The molecule has 3 fully saturated rings. The van der Waals surface area contributed by atoms with Gasteiger partial charge in [0.05, 0.1) is 0 Å². The molecule has 4 rings (SSSR count). The molecule has 0 aromatic heterocycles. The minimum Gasteiger partial charge on any atom is -0.344 e. The number of aryl methyl sites for hydroxylation is 1. The van der Waals surface area contributed by atoms with Crippen LogP contribution in [0.4, 0.5) is 5.69 Å². The molecule has 26 heavy (non-hydrogen) atoms. The number of carbonyl (C=O) groups excluding carboxylic acids is 2. The standard InChI is InChI=1S/C21H29N3O2/c1-13-5-7-17(8-6-13)24-10-9-18(21(24)26)23-20(25)16-11-14-3-2-4-15(12-16)19(14)22/h5-8,14-16,18-19H,2-4,9-12,22H2,1H3,(H,23,25). The highest BCUT2D eigenvalue weighted by Gasteiger charge is 2.42. The van der Waals surface area contributed by atoms with Crippen LogP contribution in [-0.4, -0.2) is 30.4 Å². The van der Waals surface area contributed by atoms with Gasteiger partial charge in [0.25, 0.3) is 0 Å². The van der Waals surface area contributed by atoms with Gasteiger partial charge in [-0.2, -0.15) is 0 Å². The van der Waals surface area contributed by atoms with Crippen molar-refractivity contribution in [3.8, 4) is 0 Å². The first-order valence-corrected chi connectivity index (χ1v) is 9.97. The molecule has 3 N–H and O–H groups in total. The highest BCUT2D eigenvalue weighted by atomic mass is 16.2. The van der Waals surface area contributed by atoms with E-state index >= 15 is 0 Å². The smallest absolute Gasteiger partial charge is 0.249 e. The molecule has 5 nitrogen and oxygen atoms in total. The van der Waals surface area contributed by atoms with Crippen LogP contribution in [0.15, 0.2) is 24.3 Å². The maximum atomic E-state index is 12.8. The van der Waals surface area contributed by atoms with Crippen LogP contribution in [0.5, 0.6) is 0 Å². The monoisotopic (exact) mass is 355 g/mol. The Morgan fingerprint density at radius 1 is 1.12 bits per heavy atom. The predicted molar refractivity (Wildman–Crippen MR) is 102 cm³/mol. The molecule has 140 valence electrons. The van der Waals surface area contributed by atoms with Gasteiger partial charge >= 0.3 is 0 Å². The molecule has 2 amide bonds. The Bertz CT molecular complexity index is 673. The summed E-state index contributed by atoms with van der Waals surface area (Å²) in [6.07, 6.45) is 5.97. The molecule has 1 saturated heterocycles. The molecule has 2 bridgehead atoms. The Morgan fingerprint density at radius 2 is 1.77 bits per heavy atom. The van der Waals surface area contributed by atoms with E-state index in [2.05, 4.69) is 5.32 Å². The molecule has 1 aromatic carbocycles. The third kappa shape index (κ3) is 3.25. The second-order valence-corrected chi connectivity index (χ2v) is 8.37. The van der Waals surface area contributed by atoms with Crippen LogP contribution in [0.3, 0.4) is 0 Å². The number of hydrogen-bond donors (Lipinski definition) is 2. The average Bonchev–Trinajstić information content (AvgIpc) is 2.96. The molecule has 3 aliphatic rings. The Kier molecular flexibility index (Phi) is 4.74. The first kappa shape index (κ1) is 17.5. The van der Waals surface area contributed by atoms with Gasteiger partial charge in [0.1, 0.15) is 6.04 Å². The van der Waals surface area contributed by atoms with Crippen molar-refractivity contribution in [2.75, 3.05) is 11.4 Å². The van der Waals surface area contributed by atoms with Gasteiger partial charge in [-0.25, -0.2) is 0 Å². The van der Waals surface area contributed by atoms with E-state index in [0.717, 1.165) is 31.4 Å². The zero-order valence-electron chi connectivity index (χ0n) is 15.5. The molecule has 2 aliphatic carbocycles. The number of nitrogens with two attached hydrogens (primary N) is 1. The van der Waals surface area contributed by atoms with Crippen LogP contribution in [0, 0.1) is 24.7 Å². The second-order valence-electron chi connectivity index (χ2n) is 8.37. The van der Waals surface area contributed by atoms with Crippen molar-refractivity contribution < 1.29 is 9.59 Å². The number of amides is 2. The fourth-order valence-corrected chi connectivity index (χ4v) is 5.09.